The van der Waals surface area contributed by atoms with E-state index in [1.165, 1.54) is 38.8 Å². The van der Waals surface area contributed by atoms with E-state index in [1.54, 1.807) is 0 Å². The highest BCUT2D eigenvalue weighted by atomic mass is 16.5. The van der Waals surface area contributed by atoms with Gasteiger partial charge in [0.1, 0.15) is 0 Å². The summed E-state index contributed by atoms with van der Waals surface area (Å²) in [7, 11) is 2.19. The van der Waals surface area contributed by atoms with Crippen LogP contribution in [-0.4, -0.2) is 74.4 Å². The van der Waals surface area contributed by atoms with Crippen molar-refractivity contribution in [1.82, 2.24) is 15.1 Å². The Balaban J connectivity index is 1.40. The molecule has 4 nitrogen and oxygen atoms in total. The van der Waals surface area contributed by atoms with E-state index >= 15 is 0 Å². The first-order chi connectivity index (χ1) is 8.81. The summed E-state index contributed by atoms with van der Waals surface area (Å²) in [4.78, 5) is 5.05. The Labute approximate surface area is 111 Å². The summed E-state index contributed by atoms with van der Waals surface area (Å²) in [5.41, 5.74) is 0. The predicted octanol–water partition coefficient (Wildman–Crippen LogP) is 0.533. The van der Waals surface area contributed by atoms with Gasteiger partial charge >= 0.3 is 0 Å². The van der Waals surface area contributed by atoms with E-state index in [0.717, 1.165) is 38.3 Å². The summed E-state index contributed by atoms with van der Waals surface area (Å²) < 4.78 is 5.81. The third-order valence-electron chi connectivity index (χ3n) is 4.80. The van der Waals surface area contributed by atoms with Gasteiger partial charge in [0.05, 0.1) is 12.7 Å². The monoisotopic (exact) mass is 253 g/mol. The zero-order valence-corrected chi connectivity index (χ0v) is 11.6. The number of piperidine rings is 1. The van der Waals surface area contributed by atoms with Crippen LogP contribution in [0, 0.1) is 0 Å². The van der Waals surface area contributed by atoms with Gasteiger partial charge in [-0.1, -0.05) is 0 Å². The van der Waals surface area contributed by atoms with Gasteiger partial charge in [0, 0.05) is 31.7 Å². The molecule has 1 N–H and O–H groups in total. The molecule has 0 spiro atoms. The summed E-state index contributed by atoms with van der Waals surface area (Å²) in [5.74, 6) is 0. The molecular formula is C14H27N3O. The number of likely N-dealkylation sites (N-methyl/N-ethyl adjacent to an activating group) is 1. The largest absolute Gasteiger partial charge is 0.374 e. The first kappa shape index (κ1) is 12.9. The van der Waals surface area contributed by atoms with E-state index in [4.69, 9.17) is 4.74 Å². The van der Waals surface area contributed by atoms with Gasteiger partial charge in [-0.05, 0) is 45.8 Å². The molecule has 3 aliphatic rings. The fourth-order valence-corrected chi connectivity index (χ4v) is 3.70. The van der Waals surface area contributed by atoms with Gasteiger partial charge in [-0.3, -0.25) is 0 Å². The highest BCUT2D eigenvalue weighted by molar-refractivity contribution is 4.89. The molecule has 3 unspecified atom stereocenters. The Morgan fingerprint density at radius 1 is 1.22 bits per heavy atom. The average Bonchev–Trinajstić information content (AvgIpc) is 2.84. The van der Waals surface area contributed by atoms with Crippen molar-refractivity contribution in [2.24, 2.45) is 0 Å². The van der Waals surface area contributed by atoms with Crippen molar-refractivity contribution in [2.45, 2.75) is 43.9 Å². The number of morpholine rings is 1. The van der Waals surface area contributed by atoms with E-state index in [1.807, 2.05) is 0 Å². The Morgan fingerprint density at radius 3 is 3.06 bits per heavy atom. The quantitative estimate of drug-likeness (QED) is 0.794. The van der Waals surface area contributed by atoms with Crippen LogP contribution in [0.5, 0.6) is 0 Å². The second-order valence-electron chi connectivity index (χ2n) is 6.22. The molecule has 0 aromatic rings. The van der Waals surface area contributed by atoms with Crippen molar-refractivity contribution in [3.63, 3.8) is 0 Å². The molecule has 0 radical (unpaired) electrons. The molecule has 3 saturated heterocycles. The Kier molecular flexibility index (Phi) is 4.19. The summed E-state index contributed by atoms with van der Waals surface area (Å²) in [6.07, 6.45) is 5.89. The maximum atomic E-state index is 5.81. The lowest BCUT2D eigenvalue weighted by atomic mass is 9.97. The molecule has 0 aliphatic carbocycles. The average molecular weight is 253 g/mol. The van der Waals surface area contributed by atoms with Crippen LogP contribution in [0.25, 0.3) is 0 Å². The second-order valence-corrected chi connectivity index (χ2v) is 6.22. The number of ether oxygens (including phenoxy) is 1. The molecule has 4 heteroatoms. The maximum absolute atomic E-state index is 5.81. The fraction of sp³-hybridized carbons (Fsp3) is 1.00. The van der Waals surface area contributed by atoms with Gasteiger partial charge in [-0.2, -0.15) is 0 Å². The summed E-state index contributed by atoms with van der Waals surface area (Å²) >= 11 is 0. The molecule has 3 aliphatic heterocycles. The zero-order valence-electron chi connectivity index (χ0n) is 11.6. The smallest absolute Gasteiger partial charge is 0.0826 e. The van der Waals surface area contributed by atoms with Crippen molar-refractivity contribution in [2.75, 3.05) is 46.4 Å². The first-order valence-electron chi connectivity index (χ1n) is 7.59. The van der Waals surface area contributed by atoms with Crippen LogP contribution in [0.3, 0.4) is 0 Å². The lowest BCUT2D eigenvalue weighted by Crippen LogP contribution is -2.50. The number of hydrogen-bond donors (Lipinski definition) is 1. The normalized spacial score (nSPS) is 38.8. The first-order valence-corrected chi connectivity index (χ1v) is 7.59. The van der Waals surface area contributed by atoms with Crippen LogP contribution >= 0.6 is 0 Å². The number of fused-ring (bicyclic) bond motifs is 1. The molecule has 18 heavy (non-hydrogen) atoms. The van der Waals surface area contributed by atoms with E-state index < -0.39 is 0 Å². The Bertz CT molecular complexity index is 274. The van der Waals surface area contributed by atoms with Crippen LogP contribution in [-0.2, 0) is 4.74 Å². The number of nitrogens with zero attached hydrogens (tertiary/aromatic N) is 2. The molecule has 3 atom stereocenters. The van der Waals surface area contributed by atoms with Crippen molar-refractivity contribution in [1.29, 1.82) is 0 Å². The van der Waals surface area contributed by atoms with Crippen LogP contribution in [0.4, 0.5) is 0 Å². The topological polar surface area (TPSA) is 27.7 Å². The Hall–Kier alpha value is -0.160. The summed E-state index contributed by atoms with van der Waals surface area (Å²) in [6.45, 7) is 6.72. The van der Waals surface area contributed by atoms with Crippen LogP contribution < -0.4 is 5.32 Å². The molecule has 3 heterocycles. The van der Waals surface area contributed by atoms with Gasteiger partial charge in [0.2, 0.25) is 0 Å². The summed E-state index contributed by atoms with van der Waals surface area (Å²) in [6, 6.07) is 1.59. The molecule has 0 aromatic carbocycles. The third kappa shape index (κ3) is 3.05. The molecule has 0 amide bonds. The standard InChI is InChI=1S/C14H27N3O/c1-16-7-8-18-14(11-16)10-15-12-4-6-17-5-2-3-13(17)9-12/h12-15H,2-11H2,1H3. The number of hydrogen-bond acceptors (Lipinski definition) is 4. The van der Waals surface area contributed by atoms with Gasteiger partial charge in [-0.25, -0.2) is 0 Å². The molecule has 0 bridgehead atoms. The summed E-state index contributed by atoms with van der Waals surface area (Å²) in [5, 5.41) is 3.75. The molecule has 0 saturated carbocycles. The minimum absolute atomic E-state index is 0.394. The SMILES string of the molecule is CN1CCOC(CNC2CCN3CCCC3C2)C1. The van der Waals surface area contributed by atoms with Gasteiger partial charge in [0.25, 0.3) is 0 Å². The lowest BCUT2D eigenvalue weighted by Gasteiger charge is -2.37. The van der Waals surface area contributed by atoms with Crippen molar-refractivity contribution in [3.05, 3.63) is 0 Å². The van der Waals surface area contributed by atoms with Gasteiger partial charge in [-0.15, -0.1) is 0 Å². The van der Waals surface area contributed by atoms with E-state index in [2.05, 4.69) is 22.2 Å². The van der Waals surface area contributed by atoms with Gasteiger partial charge in [0.15, 0.2) is 0 Å². The fourth-order valence-electron chi connectivity index (χ4n) is 3.70. The molecule has 3 fully saturated rings. The van der Waals surface area contributed by atoms with Crippen LogP contribution in [0.2, 0.25) is 0 Å². The highest BCUT2D eigenvalue weighted by Crippen LogP contribution is 2.26. The van der Waals surface area contributed by atoms with Crippen molar-refractivity contribution < 1.29 is 4.74 Å². The van der Waals surface area contributed by atoms with Crippen molar-refractivity contribution in [3.8, 4) is 0 Å². The molecular weight excluding hydrogens is 226 g/mol. The lowest BCUT2D eigenvalue weighted by molar-refractivity contribution is -0.0205. The zero-order chi connectivity index (χ0) is 12.4. The van der Waals surface area contributed by atoms with Crippen molar-refractivity contribution >= 4 is 0 Å². The minimum atomic E-state index is 0.394. The van der Waals surface area contributed by atoms with E-state index in [-0.39, 0.29) is 0 Å². The number of rotatable bonds is 3. The number of nitrogens with one attached hydrogen (secondary N) is 1. The van der Waals surface area contributed by atoms with Crippen LogP contribution in [0.1, 0.15) is 25.7 Å². The Morgan fingerprint density at radius 2 is 2.17 bits per heavy atom. The highest BCUT2D eigenvalue weighted by Gasteiger charge is 2.31. The maximum Gasteiger partial charge on any atom is 0.0826 e. The minimum Gasteiger partial charge on any atom is -0.374 e. The van der Waals surface area contributed by atoms with Crippen LogP contribution in [0.15, 0.2) is 0 Å². The molecule has 104 valence electrons. The van der Waals surface area contributed by atoms with E-state index in [0.29, 0.717) is 6.10 Å². The molecule has 0 aromatic heterocycles. The predicted molar refractivity (Wildman–Crippen MR) is 72.9 cm³/mol. The van der Waals surface area contributed by atoms with E-state index in [9.17, 15) is 0 Å². The molecule has 3 rings (SSSR count). The second kappa shape index (κ2) is 5.87. The van der Waals surface area contributed by atoms with Gasteiger partial charge < -0.3 is 19.9 Å². The third-order valence-corrected chi connectivity index (χ3v) is 4.80.